The van der Waals surface area contributed by atoms with Gasteiger partial charge in [0.2, 0.25) is 0 Å². The molecule has 0 bridgehead atoms. The topological polar surface area (TPSA) is 123 Å². The monoisotopic (exact) mass is 772 g/mol. The summed E-state index contributed by atoms with van der Waals surface area (Å²) in [6.45, 7) is 21.3. The number of unbranched alkanes of at least 4 members (excludes halogenated alkanes) is 2. The first-order valence-electron chi connectivity index (χ1n) is 20.2. The molecule has 0 unspecified atom stereocenters. The summed E-state index contributed by atoms with van der Waals surface area (Å²) in [5.41, 5.74) is 4.47. The second-order valence-electron chi connectivity index (χ2n) is 17.8. The van der Waals surface area contributed by atoms with E-state index in [1.165, 1.54) is 6.92 Å². The van der Waals surface area contributed by atoms with Crippen LogP contribution in [0.1, 0.15) is 134 Å². The molecule has 3 fully saturated rings. The van der Waals surface area contributed by atoms with E-state index in [9.17, 15) is 24.6 Å². The molecule has 3 rings (SSSR count). The van der Waals surface area contributed by atoms with Crippen LogP contribution in [0.4, 0.5) is 0 Å². The normalized spacial score (nSPS) is 29.3. The SMILES string of the molecule is CCCCCC(=O)OC/C(=C/C=C/C(C)=C/C=C/C=C(C)/C=C/C=C(\C)C=C=C1C(C)(C)C[C@H](OC(C)=O)C[C@@]1(C)O)C(=O)C[C@@]12O[C@]1(C)C[C@@H](O)CC2(C)C. The maximum atomic E-state index is 13.8. The second-order valence-corrected chi connectivity index (χ2v) is 17.8. The van der Waals surface area contributed by atoms with Crippen LogP contribution in [-0.4, -0.2) is 63.6 Å². The molecule has 0 aromatic carbocycles. The molecule has 2 N–H and O–H groups in total. The van der Waals surface area contributed by atoms with Gasteiger partial charge in [0.15, 0.2) is 5.78 Å². The van der Waals surface area contributed by atoms with Gasteiger partial charge in [0.05, 0.1) is 17.3 Å². The zero-order chi connectivity index (χ0) is 42.0. The number of allylic oxidation sites excluding steroid dienone is 13. The van der Waals surface area contributed by atoms with Crippen LogP contribution < -0.4 is 0 Å². The molecule has 3 aliphatic rings. The van der Waals surface area contributed by atoms with Gasteiger partial charge in [-0.1, -0.05) is 119 Å². The third-order valence-electron chi connectivity index (χ3n) is 11.4. The van der Waals surface area contributed by atoms with E-state index in [4.69, 9.17) is 14.2 Å². The van der Waals surface area contributed by atoms with Crippen molar-refractivity contribution in [2.75, 3.05) is 6.61 Å². The molecule has 308 valence electrons. The molecule has 8 nitrogen and oxygen atoms in total. The number of Topliss-reactive ketones (excluding diaryl/α,β-unsaturated/α-hetero) is 1. The summed E-state index contributed by atoms with van der Waals surface area (Å²) in [5, 5.41) is 21.6. The Bertz CT molecular complexity index is 1710. The quantitative estimate of drug-likeness (QED) is 0.0374. The van der Waals surface area contributed by atoms with Crippen LogP contribution in [0.5, 0.6) is 0 Å². The minimum atomic E-state index is -1.13. The van der Waals surface area contributed by atoms with Crippen molar-refractivity contribution in [2.24, 2.45) is 10.8 Å². The van der Waals surface area contributed by atoms with E-state index in [1.807, 2.05) is 116 Å². The van der Waals surface area contributed by atoms with Crippen LogP contribution in [0, 0.1) is 10.8 Å². The number of rotatable bonds is 17. The van der Waals surface area contributed by atoms with Gasteiger partial charge in [-0.2, -0.15) is 0 Å². The molecular formula is C48H68O8. The third kappa shape index (κ3) is 12.9. The average molecular weight is 773 g/mol. The van der Waals surface area contributed by atoms with Crippen LogP contribution in [0.15, 0.2) is 100 Å². The molecule has 0 spiro atoms. The number of carbonyl (C=O) groups is 3. The molecule has 56 heavy (non-hydrogen) atoms. The number of epoxide rings is 1. The van der Waals surface area contributed by atoms with Crippen molar-refractivity contribution in [3.05, 3.63) is 100 Å². The van der Waals surface area contributed by atoms with Crippen molar-refractivity contribution in [1.82, 2.24) is 0 Å². The van der Waals surface area contributed by atoms with Gasteiger partial charge < -0.3 is 24.4 Å². The van der Waals surface area contributed by atoms with E-state index >= 15 is 0 Å². The Morgan fingerprint density at radius 2 is 1.43 bits per heavy atom. The van der Waals surface area contributed by atoms with Gasteiger partial charge in [-0.3, -0.25) is 14.4 Å². The van der Waals surface area contributed by atoms with E-state index in [-0.39, 0.29) is 47.7 Å². The zero-order valence-corrected chi connectivity index (χ0v) is 35.9. The predicted octanol–water partition coefficient (Wildman–Crippen LogP) is 9.80. The van der Waals surface area contributed by atoms with Gasteiger partial charge in [-0.05, 0) is 76.4 Å². The highest BCUT2D eigenvalue weighted by Gasteiger charge is 2.76. The Labute approximate surface area is 336 Å². The number of ether oxygens (including phenoxy) is 3. The number of hydrogen-bond donors (Lipinski definition) is 2. The largest absolute Gasteiger partial charge is 0.462 e. The third-order valence-corrected chi connectivity index (χ3v) is 11.4. The number of ketones is 1. The van der Waals surface area contributed by atoms with Gasteiger partial charge in [0, 0.05) is 43.8 Å². The first kappa shape index (κ1) is 46.6. The van der Waals surface area contributed by atoms with Gasteiger partial charge >= 0.3 is 11.9 Å². The highest BCUT2D eigenvalue weighted by atomic mass is 16.6. The average Bonchev–Trinajstić information content (AvgIpc) is 3.67. The van der Waals surface area contributed by atoms with Gasteiger partial charge in [-0.15, -0.1) is 5.73 Å². The number of hydrogen-bond acceptors (Lipinski definition) is 8. The van der Waals surface area contributed by atoms with E-state index < -0.39 is 22.9 Å². The fraction of sp³-hybridized carbons (Fsp3) is 0.583. The highest BCUT2D eigenvalue weighted by Crippen LogP contribution is 2.67. The molecule has 2 aliphatic carbocycles. The van der Waals surface area contributed by atoms with Crippen molar-refractivity contribution in [1.29, 1.82) is 0 Å². The summed E-state index contributed by atoms with van der Waals surface area (Å²) >= 11 is 0. The fourth-order valence-electron chi connectivity index (χ4n) is 8.58. The minimum absolute atomic E-state index is 0.0906. The van der Waals surface area contributed by atoms with E-state index in [2.05, 4.69) is 12.7 Å². The molecule has 0 aromatic rings. The fourth-order valence-corrected chi connectivity index (χ4v) is 8.58. The van der Waals surface area contributed by atoms with E-state index in [0.29, 0.717) is 37.7 Å². The molecule has 0 radical (unpaired) electrons. The van der Waals surface area contributed by atoms with Gasteiger partial charge in [0.25, 0.3) is 0 Å². The molecular weight excluding hydrogens is 705 g/mol. The van der Waals surface area contributed by atoms with Crippen molar-refractivity contribution in [2.45, 2.75) is 163 Å². The lowest BCUT2D eigenvalue weighted by atomic mass is 9.61. The lowest BCUT2D eigenvalue weighted by Crippen LogP contribution is -2.48. The summed E-state index contributed by atoms with van der Waals surface area (Å²) in [4.78, 5) is 37.7. The zero-order valence-electron chi connectivity index (χ0n) is 35.9. The van der Waals surface area contributed by atoms with Crippen molar-refractivity contribution >= 4 is 17.7 Å². The number of aliphatic hydroxyl groups excluding tert-OH is 1. The van der Waals surface area contributed by atoms with Crippen LogP contribution in [0.2, 0.25) is 0 Å². The molecule has 2 saturated carbocycles. The van der Waals surface area contributed by atoms with Crippen molar-refractivity contribution < 1.29 is 38.8 Å². The predicted molar refractivity (Wildman–Crippen MR) is 224 cm³/mol. The summed E-state index contributed by atoms with van der Waals surface area (Å²) in [7, 11) is 0. The smallest absolute Gasteiger partial charge is 0.306 e. The Balaban J connectivity index is 1.65. The number of esters is 2. The molecule has 1 heterocycles. The molecule has 0 amide bonds. The maximum Gasteiger partial charge on any atom is 0.306 e. The lowest BCUT2D eigenvalue weighted by Gasteiger charge is -2.44. The summed E-state index contributed by atoms with van der Waals surface area (Å²) in [6.07, 6.45) is 25.7. The maximum absolute atomic E-state index is 13.8. The van der Waals surface area contributed by atoms with E-state index in [0.717, 1.165) is 41.6 Å². The van der Waals surface area contributed by atoms with Crippen LogP contribution in [-0.2, 0) is 28.6 Å². The van der Waals surface area contributed by atoms with Crippen molar-refractivity contribution in [3.8, 4) is 0 Å². The van der Waals surface area contributed by atoms with Gasteiger partial charge in [-0.25, -0.2) is 0 Å². The Morgan fingerprint density at radius 3 is 2.00 bits per heavy atom. The first-order chi connectivity index (χ1) is 26.1. The Morgan fingerprint density at radius 1 is 0.821 bits per heavy atom. The Kier molecular flexibility index (Phi) is 16.3. The van der Waals surface area contributed by atoms with Gasteiger partial charge in [0.1, 0.15) is 18.3 Å². The summed E-state index contributed by atoms with van der Waals surface area (Å²) in [5.74, 6) is -0.758. The van der Waals surface area contributed by atoms with Crippen LogP contribution >= 0.6 is 0 Å². The van der Waals surface area contributed by atoms with E-state index in [1.54, 1.807) is 13.0 Å². The minimum Gasteiger partial charge on any atom is -0.462 e. The number of carbonyl (C=O) groups excluding carboxylic acids is 3. The second kappa shape index (κ2) is 19.6. The van der Waals surface area contributed by atoms with Crippen LogP contribution in [0.3, 0.4) is 0 Å². The summed E-state index contributed by atoms with van der Waals surface area (Å²) in [6, 6.07) is 0. The number of aliphatic hydroxyl groups is 2. The standard InChI is InChI=1S/C48H68O8/c1-12-13-14-25-43(52)54-33-38(41(51)32-48-45(8,9)28-39(50)29-47(48,11)56-48)24-18-23-35(3)20-16-15-19-34(2)21-17-22-36(4)26-27-42-44(6,7)30-40(55-37(5)49)31-46(42,10)53/h15-24,26,39-40,50,53H,12-14,25,28-33H2,1-11H3/b16-15+,21-17+,23-18+,34-19+,35-20+,36-22+,38-24-/t27?,39-,40-,46+,47+,48-/m0/s1. The van der Waals surface area contributed by atoms with Crippen molar-refractivity contribution in [3.63, 3.8) is 0 Å². The first-order valence-corrected chi connectivity index (χ1v) is 20.2. The molecule has 1 saturated heterocycles. The molecule has 1 aliphatic heterocycles. The highest BCUT2D eigenvalue weighted by molar-refractivity contribution is 5.97. The number of fused-ring (bicyclic) bond motifs is 1. The molecule has 5 atom stereocenters. The Hall–Kier alpha value is -3.81. The van der Waals surface area contributed by atoms with Crippen LogP contribution in [0.25, 0.3) is 0 Å². The molecule has 8 heteroatoms. The lowest BCUT2D eigenvalue weighted by molar-refractivity contribution is -0.152. The molecule has 0 aromatic heterocycles. The summed E-state index contributed by atoms with van der Waals surface area (Å²) < 4.78 is 17.2.